The van der Waals surface area contributed by atoms with Crippen LogP contribution in [-0.4, -0.2) is 49.6 Å². The van der Waals surface area contributed by atoms with Crippen LogP contribution in [0.5, 0.6) is 0 Å². The molecule has 25 heavy (non-hydrogen) atoms. The van der Waals surface area contributed by atoms with Crippen molar-refractivity contribution < 1.29 is 9.57 Å². The minimum atomic E-state index is 0.300. The van der Waals surface area contributed by atoms with E-state index in [1.54, 1.807) is 0 Å². The quantitative estimate of drug-likeness (QED) is 0.621. The van der Waals surface area contributed by atoms with E-state index >= 15 is 0 Å². The van der Waals surface area contributed by atoms with Crippen molar-refractivity contribution in [2.75, 3.05) is 49.4 Å². The number of nitrogen functional groups attached to an aromatic ring is 1. The second-order valence-corrected chi connectivity index (χ2v) is 5.74. The molecule has 3 rings (SSSR count). The smallest absolute Gasteiger partial charge is 0.144 e. The molecular formula is C16H19ClN6O2. The van der Waals surface area contributed by atoms with Gasteiger partial charge in [-0.1, -0.05) is 16.8 Å². The van der Waals surface area contributed by atoms with Crippen LogP contribution in [0.25, 0.3) is 0 Å². The van der Waals surface area contributed by atoms with E-state index in [9.17, 15) is 0 Å². The monoisotopic (exact) mass is 362 g/mol. The van der Waals surface area contributed by atoms with Crippen molar-refractivity contribution in [3.63, 3.8) is 0 Å². The lowest BCUT2D eigenvalue weighted by Gasteiger charge is -2.29. The Bertz CT molecular complexity index is 764. The van der Waals surface area contributed by atoms with Crippen molar-refractivity contribution in [3.8, 4) is 0 Å². The van der Waals surface area contributed by atoms with Gasteiger partial charge in [-0.3, -0.25) is 0 Å². The van der Waals surface area contributed by atoms with Gasteiger partial charge in [-0.05, 0) is 18.2 Å². The number of nitrogens with zero attached hydrogens (tertiary/aromatic N) is 4. The third kappa shape index (κ3) is 4.09. The number of anilines is 4. The van der Waals surface area contributed by atoms with E-state index in [0.717, 1.165) is 24.5 Å². The Kier molecular flexibility index (Phi) is 5.52. The number of nitrogens with two attached hydrogens (primary N) is 1. The van der Waals surface area contributed by atoms with E-state index in [4.69, 9.17) is 26.9 Å². The summed E-state index contributed by atoms with van der Waals surface area (Å²) in [6, 6.07) is 5.76. The molecule has 3 N–H and O–H groups in total. The average Bonchev–Trinajstić information content (AvgIpc) is 2.62. The summed E-state index contributed by atoms with van der Waals surface area (Å²) in [7, 11) is 1.45. The fourth-order valence-electron chi connectivity index (χ4n) is 2.52. The number of morpholine rings is 1. The van der Waals surface area contributed by atoms with Crippen LogP contribution in [0.3, 0.4) is 0 Å². The van der Waals surface area contributed by atoms with Gasteiger partial charge in [-0.25, -0.2) is 9.97 Å². The van der Waals surface area contributed by atoms with Gasteiger partial charge in [0.1, 0.15) is 25.1 Å². The van der Waals surface area contributed by atoms with Crippen LogP contribution in [0.2, 0.25) is 5.02 Å². The fourth-order valence-corrected chi connectivity index (χ4v) is 2.82. The van der Waals surface area contributed by atoms with Crippen LogP contribution < -0.4 is 16.0 Å². The standard InChI is InChI=1S/C16H19ClN6O2/c1-24-21-9-12-15(18)19-10-20-16(12)22-11-2-3-14(13(17)8-11)23-4-6-25-7-5-23/h2-3,8-10H,4-7H2,1H3,(H3,18,19,20,22)/b21-9+. The molecule has 0 saturated carbocycles. The molecule has 2 heterocycles. The molecule has 132 valence electrons. The normalized spacial score (nSPS) is 14.7. The SMILES string of the molecule is CO/N=C/c1c(N)ncnc1Nc1ccc(N2CCOCC2)c(Cl)c1. The molecule has 1 saturated heterocycles. The maximum atomic E-state index is 6.46. The van der Waals surface area contributed by atoms with Crippen LogP contribution in [0.15, 0.2) is 29.7 Å². The van der Waals surface area contributed by atoms with Crippen LogP contribution in [0.4, 0.5) is 23.0 Å². The third-order valence-electron chi connectivity index (χ3n) is 3.76. The van der Waals surface area contributed by atoms with Gasteiger partial charge < -0.3 is 25.5 Å². The Morgan fingerprint density at radius 2 is 2.16 bits per heavy atom. The summed E-state index contributed by atoms with van der Waals surface area (Å²) in [6.45, 7) is 3.07. The largest absolute Gasteiger partial charge is 0.399 e. The van der Waals surface area contributed by atoms with Crippen LogP contribution >= 0.6 is 11.6 Å². The second-order valence-electron chi connectivity index (χ2n) is 5.33. The summed E-state index contributed by atoms with van der Waals surface area (Å²) in [6.07, 6.45) is 2.84. The first-order chi connectivity index (χ1) is 12.2. The average molecular weight is 363 g/mol. The molecule has 0 amide bonds. The van der Waals surface area contributed by atoms with Crippen molar-refractivity contribution in [3.05, 3.63) is 35.1 Å². The predicted octanol–water partition coefficient (Wildman–Crippen LogP) is 2.27. The number of aromatic nitrogens is 2. The lowest BCUT2D eigenvalue weighted by molar-refractivity contribution is 0.122. The summed E-state index contributed by atoms with van der Waals surface area (Å²) in [5.41, 5.74) is 8.19. The summed E-state index contributed by atoms with van der Waals surface area (Å²) in [5.74, 6) is 0.817. The molecule has 0 aliphatic carbocycles. The van der Waals surface area contributed by atoms with Crippen molar-refractivity contribution in [1.29, 1.82) is 0 Å². The maximum absolute atomic E-state index is 6.46. The lowest BCUT2D eigenvalue weighted by Crippen LogP contribution is -2.36. The van der Waals surface area contributed by atoms with E-state index in [1.165, 1.54) is 19.7 Å². The summed E-state index contributed by atoms with van der Waals surface area (Å²) in [5, 5.41) is 7.57. The molecule has 8 nitrogen and oxygen atoms in total. The number of rotatable bonds is 5. The van der Waals surface area contributed by atoms with Gasteiger partial charge in [0.2, 0.25) is 0 Å². The molecule has 1 aromatic heterocycles. The highest BCUT2D eigenvalue weighted by Gasteiger charge is 2.15. The minimum absolute atomic E-state index is 0.300. The van der Waals surface area contributed by atoms with Gasteiger partial charge in [-0.15, -0.1) is 0 Å². The second kappa shape index (κ2) is 8.00. The first-order valence-corrected chi connectivity index (χ1v) is 8.13. The van der Waals surface area contributed by atoms with Crippen molar-refractivity contribution in [2.45, 2.75) is 0 Å². The van der Waals surface area contributed by atoms with Crippen molar-refractivity contribution >= 4 is 40.8 Å². The Labute approximate surface area is 150 Å². The predicted molar refractivity (Wildman–Crippen MR) is 98.8 cm³/mol. The summed E-state index contributed by atoms with van der Waals surface area (Å²) >= 11 is 6.46. The topological polar surface area (TPSA) is 97.9 Å². The molecule has 0 atom stereocenters. The van der Waals surface area contributed by atoms with Crippen LogP contribution in [-0.2, 0) is 9.57 Å². The number of halogens is 1. The molecule has 2 aromatic rings. The number of ether oxygens (including phenoxy) is 1. The number of hydrogen-bond donors (Lipinski definition) is 2. The van der Waals surface area contributed by atoms with Gasteiger partial charge in [-0.2, -0.15) is 0 Å². The Hall–Kier alpha value is -2.58. The van der Waals surface area contributed by atoms with E-state index < -0.39 is 0 Å². The highest BCUT2D eigenvalue weighted by Crippen LogP contribution is 2.31. The number of hydrogen-bond acceptors (Lipinski definition) is 8. The summed E-state index contributed by atoms with van der Waals surface area (Å²) in [4.78, 5) is 15.1. The molecule has 1 aromatic carbocycles. The number of oxime groups is 1. The lowest BCUT2D eigenvalue weighted by atomic mass is 10.2. The van der Waals surface area contributed by atoms with Gasteiger partial charge in [0.25, 0.3) is 0 Å². The molecule has 0 radical (unpaired) electrons. The van der Waals surface area contributed by atoms with E-state index in [2.05, 4.69) is 25.3 Å². The fraction of sp³-hybridized carbons (Fsp3) is 0.312. The molecule has 9 heteroatoms. The van der Waals surface area contributed by atoms with Crippen molar-refractivity contribution in [2.24, 2.45) is 5.16 Å². The van der Waals surface area contributed by atoms with Crippen LogP contribution in [0.1, 0.15) is 5.56 Å². The molecular weight excluding hydrogens is 344 g/mol. The molecule has 0 unspecified atom stereocenters. The Balaban J connectivity index is 1.83. The zero-order valence-corrected chi connectivity index (χ0v) is 14.5. The van der Waals surface area contributed by atoms with Crippen molar-refractivity contribution in [1.82, 2.24) is 9.97 Å². The number of nitrogens with one attached hydrogen (secondary N) is 1. The van der Waals surface area contributed by atoms with Gasteiger partial charge in [0.15, 0.2) is 0 Å². The Morgan fingerprint density at radius 1 is 1.36 bits per heavy atom. The third-order valence-corrected chi connectivity index (χ3v) is 4.07. The molecule has 1 fully saturated rings. The molecule has 1 aliphatic heterocycles. The van der Waals surface area contributed by atoms with E-state index in [0.29, 0.717) is 35.4 Å². The molecule has 0 bridgehead atoms. The molecule has 1 aliphatic rings. The van der Waals surface area contributed by atoms with Gasteiger partial charge >= 0.3 is 0 Å². The highest BCUT2D eigenvalue weighted by atomic mass is 35.5. The zero-order valence-electron chi connectivity index (χ0n) is 13.8. The summed E-state index contributed by atoms with van der Waals surface area (Å²) < 4.78 is 5.37. The first-order valence-electron chi connectivity index (χ1n) is 7.75. The van der Waals surface area contributed by atoms with E-state index in [-0.39, 0.29) is 0 Å². The van der Waals surface area contributed by atoms with Gasteiger partial charge in [0, 0.05) is 18.8 Å². The van der Waals surface area contributed by atoms with Gasteiger partial charge in [0.05, 0.1) is 35.7 Å². The first kappa shape index (κ1) is 17.2. The maximum Gasteiger partial charge on any atom is 0.144 e. The van der Waals surface area contributed by atoms with Crippen LogP contribution in [0, 0.1) is 0 Å². The Morgan fingerprint density at radius 3 is 2.88 bits per heavy atom. The van der Waals surface area contributed by atoms with E-state index in [1.807, 2.05) is 18.2 Å². The number of benzene rings is 1. The highest BCUT2D eigenvalue weighted by molar-refractivity contribution is 6.33. The zero-order chi connectivity index (χ0) is 17.6. The molecule has 0 spiro atoms. The minimum Gasteiger partial charge on any atom is -0.399 e.